The Morgan fingerprint density at radius 3 is 2.29 bits per heavy atom. The summed E-state index contributed by atoms with van der Waals surface area (Å²) in [6, 6.07) is 22.2. The lowest BCUT2D eigenvalue weighted by Gasteiger charge is -2.25. The van der Waals surface area contributed by atoms with Crippen molar-refractivity contribution in [1.29, 1.82) is 0 Å². The second-order valence-corrected chi connectivity index (χ2v) is 7.07. The summed E-state index contributed by atoms with van der Waals surface area (Å²) in [7, 11) is 0. The van der Waals surface area contributed by atoms with Gasteiger partial charge in [-0.1, -0.05) is 48.5 Å². The molecule has 1 saturated heterocycles. The third-order valence-corrected chi connectivity index (χ3v) is 4.96. The number of rotatable bonds is 5. The minimum absolute atomic E-state index is 0.00280. The van der Waals surface area contributed by atoms with Crippen LogP contribution in [0, 0.1) is 6.92 Å². The highest BCUT2D eigenvalue weighted by Gasteiger charge is 2.23. The molecule has 5 nitrogen and oxygen atoms in total. The maximum absolute atomic E-state index is 12.9. The fraction of sp³-hybridized carbons (Fsp3) is 0.261. The summed E-state index contributed by atoms with van der Waals surface area (Å²) in [4.78, 5) is 26.0. The topological polar surface area (TPSA) is 49.3 Å². The SMILES string of the molecule is Cc1nc(C(=O)N2CCCC2)cc(N(Cc2ccccc2)c2ccccc2)n1. The van der Waals surface area contributed by atoms with Crippen LogP contribution in [0.1, 0.15) is 34.7 Å². The molecule has 0 bridgehead atoms. The first kappa shape index (κ1) is 18.2. The highest BCUT2D eigenvalue weighted by atomic mass is 16.2. The van der Waals surface area contributed by atoms with Gasteiger partial charge in [0.1, 0.15) is 17.3 Å². The smallest absolute Gasteiger partial charge is 0.272 e. The molecule has 0 saturated carbocycles. The monoisotopic (exact) mass is 372 g/mol. The first-order chi connectivity index (χ1) is 13.7. The number of hydrogen-bond acceptors (Lipinski definition) is 4. The molecular formula is C23H24N4O. The van der Waals surface area contributed by atoms with Crippen LogP contribution in [-0.4, -0.2) is 33.9 Å². The zero-order valence-electron chi connectivity index (χ0n) is 16.1. The summed E-state index contributed by atoms with van der Waals surface area (Å²) in [5, 5.41) is 0. The van der Waals surface area contributed by atoms with Gasteiger partial charge >= 0.3 is 0 Å². The number of aromatic nitrogens is 2. The van der Waals surface area contributed by atoms with Crippen LogP contribution in [-0.2, 0) is 6.54 Å². The molecule has 0 N–H and O–H groups in total. The highest BCUT2D eigenvalue weighted by molar-refractivity contribution is 5.93. The summed E-state index contributed by atoms with van der Waals surface area (Å²) < 4.78 is 0. The van der Waals surface area contributed by atoms with E-state index in [0.717, 1.165) is 37.4 Å². The molecule has 2 aromatic carbocycles. The van der Waals surface area contributed by atoms with Crippen molar-refractivity contribution in [3.8, 4) is 0 Å². The summed E-state index contributed by atoms with van der Waals surface area (Å²) in [5.41, 5.74) is 2.68. The second-order valence-electron chi connectivity index (χ2n) is 7.07. The number of para-hydroxylation sites is 1. The molecule has 2 heterocycles. The van der Waals surface area contributed by atoms with Crippen LogP contribution in [0.5, 0.6) is 0 Å². The third kappa shape index (κ3) is 4.03. The molecule has 142 valence electrons. The molecule has 5 heteroatoms. The molecule has 1 aliphatic heterocycles. The van der Waals surface area contributed by atoms with E-state index in [-0.39, 0.29) is 5.91 Å². The molecule has 0 aliphatic carbocycles. The molecule has 0 radical (unpaired) electrons. The van der Waals surface area contributed by atoms with Crippen LogP contribution in [0.2, 0.25) is 0 Å². The largest absolute Gasteiger partial charge is 0.337 e. The molecule has 0 spiro atoms. The Morgan fingerprint density at radius 1 is 0.964 bits per heavy atom. The van der Waals surface area contributed by atoms with Crippen molar-refractivity contribution >= 4 is 17.4 Å². The Morgan fingerprint density at radius 2 is 1.61 bits per heavy atom. The number of aryl methyl sites for hydroxylation is 1. The zero-order valence-corrected chi connectivity index (χ0v) is 16.1. The van der Waals surface area contributed by atoms with E-state index < -0.39 is 0 Å². The zero-order chi connectivity index (χ0) is 19.3. The van der Waals surface area contributed by atoms with E-state index in [1.807, 2.05) is 54.3 Å². The van der Waals surface area contributed by atoms with E-state index in [4.69, 9.17) is 0 Å². The predicted molar refractivity (Wildman–Crippen MR) is 111 cm³/mol. The maximum atomic E-state index is 12.9. The lowest BCUT2D eigenvalue weighted by Crippen LogP contribution is -2.29. The van der Waals surface area contributed by atoms with Crippen LogP contribution in [0.25, 0.3) is 0 Å². The number of amides is 1. The molecule has 3 aromatic rings. The van der Waals surface area contributed by atoms with Gasteiger partial charge in [-0.2, -0.15) is 0 Å². The van der Waals surface area contributed by atoms with Gasteiger partial charge in [0, 0.05) is 31.4 Å². The van der Waals surface area contributed by atoms with Crippen molar-refractivity contribution < 1.29 is 4.79 Å². The van der Waals surface area contributed by atoms with E-state index >= 15 is 0 Å². The molecule has 1 aromatic heterocycles. The number of nitrogens with zero attached hydrogens (tertiary/aromatic N) is 4. The normalized spacial score (nSPS) is 13.5. The lowest BCUT2D eigenvalue weighted by atomic mass is 10.2. The molecule has 4 rings (SSSR count). The Labute approximate surface area is 165 Å². The minimum Gasteiger partial charge on any atom is -0.337 e. The van der Waals surface area contributed by atoms with Crippen molar-refractivity contribution in [2.24, 2.45) is 0 Å². The van der Waals surface area contributed by atoms with Gasteiger partial charge in [-0.15, -0.1) is 0 Å². The van der Waals surface area contributed by atoms with Crippen LogP contribution in [0.4, 0.5) is 11.5 Å². The van der Waals surface area contributed by atoms with Crippen LogP contribution in [0.3, 0.4) is 0 Å². The van der Waals surface area contributed by atoms with Gasteiger partial charge in [0.25, 0.3) is 5.91 Å². The molecule has 1 fully saturated rings. The van der Waals surface area contributed by atoms with E-state index in [9.17, 15) is 4.79 Å². The van der Waals surface area contributed by atoms with Gasteiger partial charge in [-0.05, 0) is 37.5 Å². The summed E-state index contributed by atoms with van der Waals surface area (Å²) in [5.74, 6) is 1.34. The molecule has 0 unspecified atom stereocenters. The Balaban J connectivity index is 1.72. The van der Waals surface area contributed by atoms with Gasteiger partial charge in [-0.25, -0.2) is 9.97 Å². The number of carbonyl (C=O) groups is 1. The molecule has 28 heavy (non-hydrogen) atoms. The van der Waals surface area contributed by atoms with Gasteiger partial charge < -0.3 is 9.80 Å². The Kier molecular flexibility index (Phi) is 5.33. The van der Waals surface area contributed by atoms with Gasteiger partial charge in [0.05, 0.1) is 0 Å². The van der Waals surface area contributed by atoms with E-state index in [1.54, 1.807) is 0 Å². The fourth-order valence-electron chi connectivity index (χ4n) is 3.56. The lowest BCUT2D eigenvalue weighted by molar-refractivity contribution is 0.0786. The van der Waals surface area contributed by atoms with E-state index in [2.05, 4.69) is 39.1 Å². The summed E-state index contributed by atoms with van der Waals surface area (Å²) >= 11 is 0. The quantitative estimate of drug-likeness (QED) is 0.668. The fourth-order valence-corrected chi connectivity index (χ4v) is 3.56. The van der Waals surface area contributed by atoms with E-state index in [1.165, 1.54) is 5.56 Å². The molecule has 1 amide bonds. The van der Waals surface area contributed by atoms with Gasteiger partial charge in [-0.3, -0.25) is 4.79 Å². The van der Waals surface area contributed by atoms with Crippen molar-refractivity contribution in [2.45, 2.75) is 26.3 Å². The maximum Gasteiger partial charge on any atom is 0.272 e. The van der Waals surface area contributed by atoms with Crippen LogP contribution >= 0.6 is 0 Å². The van der Waals surface area contributed by atoms with Gasteiger partial charge in [0.15, 0.2) is 0 Å². The summed E-state index contributed by atoms with van der Waals surface area (Å²) in [6.45, 7) is 4.13. The molecular weight excluding hydrogens is 348 g/mol. The van der Waals surface area contributed by atoms with Gasteiger partial charge in [0.2, 0.25) is 0 Å². The standard InChI is InChI=1S/C23H24N4O/c1-18-24-21(23(28)26-14-8-9-15-26)16-22(25-18)27(20-12-6-3-7-13-20)17-19-10-4-2-5-11-19/h2-7,10-13,16H,8-9,14-15,17H2,1H3. The second kappa shape index (κ2) is 8.21. The third-order valence-electron chi connectivity index (χ3n) is 4.96. The number of anilines is 2. The van der Waals surface area contributed by atoms with Crippen molar-refractivity contribution in [3.63, 3.8) is 0 Å². The van der Waals surface area contributed by atoms with E-state index in [0.29, 0.717) is 18.1 Å². The van der Waals surface area contributed by atoms with Crippen LogP contribution in [0.15, 0.2) is 66.7 Å². The highest BCUT2D eigenvalue weighted by Crippen LogP contribution is 2.27. The number of benzene rings is 2. The number of likely N-dealkylation sites (tertiary alicyclic amines) is 1. The Hall–Kier alpha value is -3.21. The predicted octanol–water partition coefficient (Wildman–Crippen LogP) is 4.36. The van der Waals surface area contributed by atoms with Crippen molar-refractivity contribution in [3.05, 3.63) is 83.8 Å². The van der Waals surface area contributed by atoms with Crippen LogP contribution < -0.4 is 4.90 Å². The minimum atomic E-state index is -0.00280. The van der Waals surface area contributed by atoms with Crippen molar-refractivity contribution in [1.82, 2.24) is 14.9 Å². The summed E-state index contributed by atoms with van der Waals surface area (Å²) in [6.07, 6.45) is 2.12. The average molecular weight is 372 g/mol. The average Bonchev–Trinajstić information content (AvgIpc) is 3.27. The molecule has 1 aliphatic rings. The number of hydrogen-bond donors (Lipinski definition) is 0. The number of carbonyl (C=O) groups excluding carboxylic acids is 1. The Bertz CT molecular complexity index is 937. The first-order valence-corrected chi connectivity index (χ1v) is 9.72. The first-order valence-electron chi connectivity index (χ1n) is 9.72. The molecule has 0 atom stereocenters. The van der Waals surface area contributed by atoms with Crippen molar-refractivity contribution in [2.75, 3.05) is 18.0 Å².